The molecular formula is C10H17FO11P2. The molecule has 0 bridgehead atoms. The molecule has 11 nitrogen and oxygen atoms in total. The maximum atomic E-state index is 13.8. The zero-order chi connectivity index (χ0) is 17.5. The Labute approximate surface area is 135 Å². The molecule has 8 atom stereocenters. The molecule has 3 heterocycles. The van der Waals surface area contributed by atoms with Crippen molar-refractivity contribution < 1.29 is 56.0 Å². The van der Waals surface area contributed by atoms with E-state index in [-0.39, 0.29) is 6.61 Å². The third-order valence-corrected chi connectivity index (χ3v) is 5.70. The van der Waals surface area contributed by atoms with Crippen LogP contribution in [0.3, 0.4) is 0 Å². The molecule has 0 aliphatic carbocycles. The van der Waals surface area contributed by atoms with Gasteiger partial charge in [-0.05, 0) is 0 Å². The van der Waals surface area contributed by atoms with Gasteiger partial charge < -0.3 is 24.4 Å². The molecule has 0 amide bonds. The molecule has 3 N–H and O–H groups in total. The summed E-state index contributed by atoms with van der Waals surface area (Å²) in [6, 6.07) is 0. The van der Waals surface area contributed by atoms with E-state index in [2.05, 4.69) is 0 Å². The van der Waals surface area contributed by atoms with Crippen molar-refractivity contribution in [3.8, 4) is 0 Å². The van der Waals surface area contributed by atoms with Gasteiger partial charge in [-0.3, -0.25) is 18.1 Å². The van der Waals surface area contributed by atoms with Crippen LogP contribution in [0.5, 0.6) is 0 Å². The lowest BCUT2D eigenvalue weighted by molar-refractivity contribution is -0.0446. The fourth-order valence-corrected chi connectivity index (χ4v) is 4.51. The zero-order valence-electron chi connectivity index (χ0n) is 12.2. The van der Waals surface area contributed by atoms with Crippen molar-refractivity contribution in [3.05, 3.63) is 0 Å². The molecule has 0 radical (unpaired) electrons. The van der Waals surface area contributed by atoms with Gasteiger partial charge in [0.2, 0.25) is 0 Å². The minimum absolute atomic E-state index is 0.240. The summed E-state index contributed by atoms with van der Waals surface area (Å²) in [6.45, 7) is -1.91. The number of aliphatic hydroxyl groups is 1. The van der Waals surface area contributed by atoms with E-state index in [4.69, 9.17) is 27.6 Å². The second kappa shape index (κ2) is 6.98. The second-order valence-electron chi connectivity index (χ2n) is 5.50. The van der Waals surface area contributed by atoms with Crippen LogP contribution in [0.4, 0.5) is 4.39 Å². The van der Waals surface area contributed by atoms with Crippen LogP contribution in [-0.2, 0) is 36.7 Å². The third-order valence-electron chi connectivity index (χ3n) is 3.73. The summed E-state index contributed by atoms with van der Waals surface area (Å²) in [6.07, 6.45) is -8.20. The van der Waals surface area contributed by atoms with Crippen molar-refractivity contribution in [2.45, 2.75) is 36.7 Å². The largest absolute Gasteiger partial charge is 0.472 e. The van der Waals surface area contributed by atoms with E-state index < -0.39 is 72.2 Å². The van der Waals surface area contributed by atoms with Crippen LogP contribution in [0, 0.1) is 0 Å². The van der Waals surface area contributed by atoms with Crippen molar-refractivity contribution >= 4 is 15.6 Å². The first kappa shape index (κ1) is 18.8. The molecule has 24 heavy (non-hydrogen) atoms. The van der Waals surface area contributed by atoms with Crippen LogP contribution in [0.25, 0.3) is 0 Å². The topological polar surface area (TPSA) is 150 Å². The number of alkyl halides is 1. The number of fused-ring (bicyclic) bond motifs is 2. The molecule has 140 valence electrons. The Morgan fingerprint density at radius 1 is 0.833 bits per heavy atom. The van der Waals surface area contributed by atoms with E-state index in [9.17, 15) is 28.4 Å². The number of rotatable bonds is 0. The van der Waals surface area contributed by atoms with Gasteiger partial charge in [0, 0.05) is 0 Å². The van der Waals surface area contributed by atoms with E-state index in [0.29, 0.717) is 0 Å². The molecule has 3 fully saturated rings. The minimum Gasteiger partial charge on any atom is -0.388 e. The van der Waals surface area contributed by atoms with Crippen molar-refractivity contribution in [1.82, 2.24) is 0 Å². The lowest BCUT2D eigenvalue weighted by Gasteiger charge is -2.27. The summed E-state index contributed by atoms with van der Waals surface area (Å²) in [5.41, 5.74) is 0. The number of halogens is 1. The summed E-state index contributed by atoms with van der Waals surface area (Å²) in [5, 5.41) is 9.75. The van der Waals surface area contributed by atoms with Crippen LogP contribution in [0.2, 0.25) is 0 Å². The molecule has 3 rings (SSSR count). The van der Waals surface area contributed by atoms with Crippen molar-refractivity contribution in [2.75, 3.05) is 26.4 Å². The van der Waals surface area contributed by atoms with E-state index in [1.807, 2.05) is 0 Å². The van der Waals surface area contributed by atoms with Crippen LogP contribution in [0.15, 0.2) is 0 Å². The Morgan fingerprint density at radius 2 is 1.33 bits per heavy atom. The van der Waals surface area contributed by atoms with Gasteiger partial charge in [0.1, 0.15) is 30.5 Å². The lowest BCUT2D eigenvalue weighted by Crippen LogP contribution is -2.38. The Morgan fingerprint density at radius 3 is 1.96 bits per heavy atom. The van der Waals surface area contributed by atoms with Crippen molar-refractivity contribution in [1.29, 1.82) is 0 Å². The SMILES string of the molecule is O=P1(O)OC[C@H]2OCC(F)C2OP(=O)(O)OC[C@H]2OCC(O)C2O1. The Hall–Kier alpha value is 0.0300. The molecule has 0 spiro atoms. The van der Waals surface area contributed by atoms with Crippen molar-refractivity contribution in [2.24, 2.45) is 0 Å². The van der Waals surface area contributed by atoms with Gasteiger partial charge in [-0.15, -0.1) is 0 Å². The quantitative estimate of drug-likeness (QED) is 0.456. The number of phosphoric ester groups is 2. The van der Waals surface area contributed by atoms with Gasteiger partial charge in [-0.2, -0.15) is 0 Å². The Bertz CT molecular complexity index is 513. The summed E-state index contributed by atoms with van der Waals surface area (Å²) in [7, 11) is -9.30. The first-order valence-electron chi connectivity index (χ1n) is 7.04. The number of hydrogen-bond donors (Lipinski definition) is 3. The molecular weight excluding hydrogens is 377 g/mol. The molecule has 0 aromatic carbocycles. The van der Waals surface area contributed by atoms with Gasteiger partial charge in [-0.1, -0.05) is 0 Å². The molecule has 3 aliphatic heterocycles. The van der Waals surface area contributed by atoms with Gasteiger partial charge in [-0.25, -0.2) is 13.5 Å². The maximum absolute atomic E-state index is 13.8. The average molecular weight is 394 g/mol. The number of hydrogen-bond acceptors (Lipinski definition) is 9. The van der Waals surface area contributed by atoms with Crippen LogP contribution in [-0.4, -0.2) is 78.0 Å². The monoisotopic (exact) mass is 394 g/mol. The van der Waals surface area contributed by atoms with Gasteiger partial charge in [0.05, 0.1) is 26.4 Å². The molecule has 0 aromatic heterocycles. The summed E-state index contributed by atoms with van der Waals surface area (Å²) in [4.78, 5) is 19.4. The van der Waals surface area contributed by atoms with Gasteiger partial charge in [0.25, 0.3) is 0 Å². The lowest BCUT2D eigenvalue weighted by atomic mass is 10.2. The fraction of sp³-hybridized carbons (Fsp3) is 1.00. The molecule has 3 aliphatic rings. The maximum Gasteiger partial charge on any atom is 0.472 e. The predicted octanol–water partition coefficient (Wildman–Crippen LogP) is -0.499. The predicted molar refractivity (Wildman–Crippen MR) is 71.7 cm³/mol. The van der Waals surface area contributed by atoms with Crippen LogP contribution in [0.1, 0.15) is 0 Å². The fourth-order valence-electron chi connectivity index (χ4n) is 2.56. The highest BCUT2D eigenvalue weighted by molar-refractivity contribution is 7.47. The smallest absolute Gasteiger partial charge is 0.388 e. The van der Waals surface area contributed by atoms with E-state index in [0.717, 1.165) is 0 Å². The Kier molecular flexibility index (Phi) is 5.47. The van der Waals surface area contributed by atoms with Gasteiger partial charge in [0.15, 0.2) is 6.17 Å². The van der Waals surface area contributed by atoms with E-state index >= 15 is 0 Å². The first-order valence-corrected chi connectivity index (χ1v) is 10.0. The van der Waals surface area contributed by atoms with E-state index in [1.54, 1.807) is 0 Å². The van der Waals surface area contributed by atoms with Gasteiger partial charge >= 0.3 is 15.6 Å². The summed E-state index contributed by atoms with van der Waals surface area (Å²) < 4.78 is 66.9. The normalized spacial score (nSPS) is 53.7. The molecule has 3 saturated heterocycles. The third kappa shape index (κ3) is 4.22. The highest BCUT2D eigenvalue weighted by Crippen LogP contribution is 2.51. The highest BCUT2D eigenvalue weighted by Gasteiger charge is 2.48. The number of ether oxygens (including phenoxy) is 2. The molecule has 6 unspecified atom stereocenters. The average Bonchev–Trinajstić information content (AvgIpc) is 2.99. The van der Waals surface area contributed by atoms with Crippen LogP contribution >= 0.6 is 15.6 Å². The molecule has 14 heteroatoms. The summed E-state index contributed by atoms with van der Waals surface area (Å²) >= 11 is 0. The summed E-state index contributed by atoms with van der Waals surface area (Å²) in [5.74, 6) is 0. The molecule has 0 saturated carbocycles. The zero-order valence-corrected chi connectivity index (χ0v) is 14.0. The number of aliphatic hydroxyl groups excluding tert-OH is 1. The molecule has 0 aromatic rings. The Balaban J connectivity index is 1.81. The highest BCUT2D eigenvalue weighted by atomic mass is 31.2. The minimum atomic E-state index is -4.67. The first-order chi connectivity index (χ1) is 11.2. The van der Waals surface area contributed by atoms with Crippen LogP contribution < -0.4 is 0 Å². The standard InChI is InChI=1S/C10H17FO11P2/c11-5-1-17-7-3-19-24(15,16)22-10-6(12)2-18-8(10)4-20-23(13,14)21-9(5)7/h5-10,12H,1-4H2,(H,13,14)(H,15,16)/t5?,6?,7-,8-,9?,10?/m1/s1. The van der Waals surface area contributed by atoms with Crippen molar-refractivity contribution in [3.63, 3.8) is 0 Å². The second-order valence-corrected chi connectivity index (χ2v) is 8.31. The van der Waals surface area contributed by atoms with E-state index in [1.165, 1.54) is 0 Å². The number of phosphoric acid groups is 2.